The number of benzene rings is 2. The van der Waals surface area contributed by atoms with Gasteiger partial charge in [0, 0.05) is 45.2 Å². The third-order valence-electron chi connectivity index (χ3n) is 4.82. The van der Waals surface area contributed by atoms with Crippen LogP contribution in [0.2, 0.25) is 0 Å². The maximum absolute atomic E-state index is 13.9. The van der Waals surface area contributed by atoms with Crippen molar-refractivity contribution in [3.8, 4) is 0 Å². The quantitative estimate of drug-likeness (QED) is 0.525. The molecule has 0 saturated carbocycles. The van der Waals surface area contributed by atoms with E-state index in [0.29, 0.717) is 19.6 Å². The van der Waals surface area contributed by atoms with Gasteiger partial charge in [-0.15, -0.1) is 0 Å². The van der Waals surface area contributed by atoms with E-state index >= 15 is 0 Å². The van der Waals surface area contributed by atoms with E-state index in [0.717, 1.165) is 6.07 Å². The van der Waals surface area contributed by atoms with Gasteiger partial charge in [0.25, 0.3) is 5.69 Å². The van der Waals surface area contributed by atoms with E-state index in [1.165, 1.54) is 40.7 Å². The highest BCUT2D eigenvalue weighted by Crippen LogP contribution is 2.23. The first kappa shape index (κ1) is 21.8. The minimum atomic E-state index is -3.91. The number of carbonyl (C=O) groups is 1. The number of nitro benzene ring substituents is 1. The van der Waals surface area contributed by atoms with Crippen molar-refractivity contribution in [2.45, 2.75) is 11.3 Å². The van der Waals surface area contributed by atoms with Crippen molar-refractivity contribution >= 4 is 27.3 Å². The summed E-state index contributed by atoms with van der Waals surface area (Å²) in [5, 5.41) is 13.5. The largest absolute Gasteiger partial charge is 0.320 e. The Morgan fingerprint density at radius 1 is 1.07 bits per heavy atom. The summed E-state index contributed by atoms with van der Waals surface area (Å²) in [6, 6.07) is 11.1. The fourth-order valence-electron chi connectivity index (χ4n) is 3.20. The molecule has 2 aromatic carbocycles. The maximum atomic E-state index is 13.9. The zero-order valence-electron chi connectivity index (χ0n) is 16.0. The van der Waals surface area contributed by atoms with Crippen molar-refractivity contribution in [3.05, 3.63) is 64.5 Å². The Labute approximate surface area is 173 Å². The molecule has 0 aromatic heterocycles. The zero-order valence-corrected chi connectivity index (χ0v) is 16.8. The van der Waals surface area contributed by atoms with Gasteiger partial charge < -0.3 is 10.2 Å². The van der Waals surface area contributed by atoms with E-state index in [9.17, 15) is 27.7 Å². The van der Waals surface area contributed by atoms with Crippen LogP contribution in [0.1, 0.15) is 6.42 Å². The molecule has 1 N–H and O–H groups in total. The monoisotopic (exact) mass is 436 g/mol. The summed E-state index contributed by atoms with van der Waals surface area (Å²) in [6.45, 7) is 1.53. The number of anilines is 1. The van der Waals surface area contributed by atoms with Crippen molar-refractivity contribution in [3.63, 3.8) is 0 Å². The summed E-state index contributed by atoms with van der Waals surface area (Å²) < 4.78 is 40.4. The van der Waals surface area contributed by atoms with Gasteiger partial charge in [-0.2, -0.15) is 4.31 Å². The Bertz CT molecular complexity index is 1040. The number of sulfonamides is 1. The first-order chi connectivity index (χ1) is 14.3. The van der Waals surface area contributed by atoms with Crippen LogP contribution in [0.5, 0.6) is 0 Å². The SMILES string of the molecule is O=C(CCN1CCN(S(=O)(=O)c2ccccc2F)CC1)Nc1ccccc1[N+](=O)[O-]. The summed E-state index contributed by atoms with van der Waals surface area (Å²) >= 11 is 0. The number of halogens is 1. The van der Waals surface area contributed by atoms with Crippen LogP contribution in [0, 0.1) is 15.9 Å². The topological polar surface area (TPSA) is 113 Å². The number of hydrogen-bond acceptors (Lipinski definition) is 6. The molecule has 1 amide bonds. The molecule has 11 heteroatoms. The van der Waals surface area contributed by atoms with Crippen LogP contribution in [-0.4, -0.2) is 61.2 Å². The molecule has 1 saturated heterocycles. The van der Waals surface area contributed by atoms with Crippen LogP contribution in [0.3, 0.4) is 0 Å². The maximum Gasteiger partial charge on any atom is 0.292 e. The molecule has 160 valence electrons. The van der Waals surface area contributed by atoms with Crippen LogP contribution in [-0.2, 0) is 14.8 Å². The third-order valence-corrected chi connectivity index (χ3v) is 6.75. The van der Waals surface area contributed by atoms with Gasteiger partial charge in [0.2, 0.25) is 15.9 Å². The lowest BCUT2D eigenvalue weighted by atomic mass is 10.2. The fraction of sp³-hybridized carbons (Fsp3) is 0.316. The fourth-order valence-corrected chi connectivity index (χ4v) is 4.68. The van der Waals surface area contributed by atoms with Gasteiger partial charge in [-0.25, -0.2) is 12.8 Å². The molecule has 0 bridgehead atoms. The molecular weight excluding hydrogens is 415 g/mol. The molecular formula is C19H21FN4O5S. The number of amides is 1. The van der Waals surface area contributed by atoms with E-state index in [2.05, 4.69) is 5.32 Å². The molecule has 0 radical (unpaired) electrons. The second-order valence-electron chi connectivity index (χ2n) is 6.75. The second-order valence-corrected chi connectivity index (χ2v) is 8.65. The minimum absolute atomic E-state index is 0.103. The molecule has 2 aromatic rings. The number of hydrogen-bond donors (Lipinski definition) is 1. The van der Waals surface area contributed by atoms with Crippen molar-refractivity contribution in [2.75, 3.05) is 38.0 Å². The minimum Gasteiger partial charge on any atom is -0.320 e. The first-order valence-corrected chi connectivity index (χ1v) is 10.7. The lowest BCUT2D eigenvalue weighted by molar-refractivity contribution is -0.383. The zero-order chi connectivity index (χ0) is 21.7. The molecule has 9 nitrogen and oxygen atoms in total. The van der Waals surface area contributed by atoms with Crippen LogP contribution >= 0.6 is 0 Å². The summed E-state index contributed by atoms with van der Waals surface area (Å²) in [7, 11) is -3.91. The van der Waals surface area contributed by atoms with Crippen LogP contribution in [0.25, 0.3) is 0 Å². The summed E-state index contributed by atoms with van der Waals surface area (Å²) in [5.41, 5.74) is -0.0499. The van der Waals surface area contributed by atoms with E-state index in [1.807, 2.05) is 4.90 Å². The molecule has 0 unspecified atom stereocenters. The molecule has 1 aliphatic heterocycles. The van der Waals surface area contributed by atoms with Crippen molar-refractivity contribution in [2.24, 2.45) is 0 Å². The van der Waals surface area contributed by atoms with Crippen molar-refractivity contribution in [1.29, 1.82) is 0 Å². The van der Waals surface area contributed by atoms with E-state index in [4.69, 9.17) is 0 Å². The molecule has 1 aliphatic rings. The Balaban J connectivity index is 1.51. The average molecular weight is 436 g/mol. The lowest BCUT2D eigenvalue weighted by Gasteiger charge is -2.33. The molecule has 0 spiro atoms. The Hall–Kier alpha value is -2.89. The number of nitro groups is 1. The van der Waals surface area contributed by atoms with Gasteiger partial charge in [0.1, 0.15) is 16.4 Å². The number of nitrogens with zero attached hydrogens (tertiary/aromatic N) is 3. The van der Waals surface area contributed by atoms with Gasteiger partial charge >= 0.3 is 0 Å². The molecule has 0 atom stereocenters. The van der Waals surface area contributed by atoms with Crippen molar-refractivity contribution in [1.82, 2.24) is 9.21 Å². The van der Waals surface area contributed by atoms with Crippen LogP contribution in [0.15, 0.2) is 53.4 Å². The van der Waals surface area contributed by atoms with E-state index in [-0.39, 0.29) is 41.7 Å². The Kier molecular flexibility index (Phi) is 6.75. The third kappa shape index (κ3) is 4.99. The molecule has 1 heterocycles. The lowest BCUT2D eigenvalue weighted by Crippen LogP contribution is -2.49. The predicted octanol–water partition coefficient (Wildman–Crippen LogP) is 2.07. The second kappa shape index (κ2) is 9.28. The smallest absolute Gasteiger partial charge is 0.292 e. The highest BCUT2D eigenvalue weighted by Gasteiger charge is 2.30. The first-order valence-electron chi connectivity index (χ1n) is 9.29. The highest BCUT2D eigenvalue weighted by atomic mass is 32.2. The van der Waals surface area contributed by atoms with Gasteiger partial charge in [-0.1, -0.05) is 24.3 Å². The molecule has 30 heavy (non-hydrogen) atoms. The van der Waals surface area contributed by atoms with Gasteiger partial charge in [-0.05, 0) is 18.2 Å². The molecule has 1 fully saturated rings. The molecule has 3 rings (SSSR count). The van der Waals surface area contributed by atoms with Gasteiger partial charge in [0.15, 0.2) is 0 Å². The van der Waals surface area contributed by atoms with Crippen LogP contribution < -0.4 is 5.32 Å². The predicted molar refractivity (Wildman–Crippen MR) is 108 cm³/mol. The van der Waals surface area contributed by atoms with E-state index < -0.39 is 20.8 Å². The van der Waals surface area contributed by atoms with Crippen molar-refractivity contribution < 1.29 is 22.5 Å². The number of carbonyl (C=O) groups excluding carboxylic acids is 1. The Morgan fingerprint density at radius 3 is 2.37 bits per heavy atom. The highest BCUT2D eigenvalue weighted by molar-refractivity contribution is 7.89. The number of rotatable bonds is 7. The van der Waals surface area contributed by atoms with Gasteiger partial charge in [0.05, 0.1) is 4.92 Å². The summed E-state index contributed by atoms with van der Waals surface area (Å²) in [5.74, 6) is -1.16. The van der Waals surface area contributed by atoms with Crippen LogP contribution in [0.4, 0.5) is 15.8 Å². The van der Waals surface area contributed by atoms with E-state index in [1.54, 1.807) is 6.07 Å². The molecule has 0 aliphatic carbocycles. The average Bonchev–Trinajstić information content (AvgIpc) is 2.73. The standard InChI is InChI=1S/C19H21FN4O5S/c20-15-5-1-4-8-18(15)30(28,29)23-13-11-22(12-14-23)10-9-19(25)21-16-6-2-3-7-17(16)24(26)27/h1-8H,9-14H2,(H,21,25). The normalized spacial score (nSPS) is 15.6. The number of nitrogens with one attached hydrogen (secondary N) is 1. The summed E-state index contributed by atoms with van der Waals surface area (Å²) in [6.07, 6.45) is 0.103. The number of para-hydroxylation sites is 2. The summed E-state index contributed by atoms with van der Waals surface area (Å²) in [4.78, 5) is 24.2. The Morgan fingerprint density at radius 2 is 1.70 bits per heavy atom. The number of piperazine rings is 1. The van der Waals surface area contributed by atoms with Gasteiger partial charge in [-0.3, -0.25) is 14.9 Å².